The second-order valence-electron chi connectivity index (χ2n) is 7.04. The fourth-order valence-electron chi connectivity index (χ4n) is 3.48. The number of hydrogen-bond acceptors (Lipinski definition) is 6. The summed E-state index contributed by atoms with van der Waals surface area (Å²) in [5.41, 5.74) is 3.65. The van der Waals surface area contributed by atoms with Crippen molar-refractivity contribution in [3.8, 4) is 0 Å². The summed E-state index contributed by atoms with van der Waals surface area (Å²) >= 11 is 2.00. The van der Waals surface area contributed by atoms with Crippen LogP contribution in [0.5, 0.6) is 0 Å². The van der Waals surface area contributed by atoms with Crippen molar-refractivity contribution in [2.24, 2.45) is 7.05 Å². The van der Waals surface area contributed by atoms with Crippen molar-refractivity contribution in [1.82, 2.24) is 10.0 Å². The number of fused-ring (bicyclic) bond motifs is 1. The van der Waals surface area contributed by atoms with Crippen LogP contribution in [0.25, 0.3) is 0 Å². The predicted octanol–water partition coefficient (Wildman–Crippen LogP) is 2.44. The van der Waals surface area contributed by atoms with Crippen LogP contribution in [0.15, 0.2) is 18.2 Å². The Morgan fingerprint density at radius 2 is 2.17 bits per heavy atom. The van der Waals surface area contributed by atoms with Crippen molar-refractivity contribution in [2.75, 3.05) is 18.5 Å². The summed E-state index contributed by atoms with van der Waals surface area (Å²) in [5.74, 6) is -0.885. The number of aromatic nitrogens is 1. The molecule has 1 heterocycles. The Labute approximate surface area is 186 Å². The van der Waals surface area contributed by atoms with E-state index in [2.05, 4.69) is 10.8 Å². The van der Waals surface area contributed by atoms with Crippen molar-refractivity contribution >= 4 is 45.8 Å². The number of nitrogens with one attached hydrogen (secondary N) is 2. The number of amides is 1. The second kappa shape index (κ2) is 9.86. The maximum atomic E-state index is 14.4. The summed E-state index contributed by atoms with van der Waals surface area (Å²) in [7, 11) is 1.65. The molecule has 0 bridgehead atoms. The molecular weight excluding hydrogens is 508 g/mol. The van der Waals surface area contributed by atoms with Gasteiger partial charge in [0.2, 0.25) is 0 Å². The molecule has 0 saturated carbocycles. The minimum atomic E-state index is -0.931. The Morgan fingerprint density at radius 1 is 1.40 bits per heavy atom. The molecule has 1 atom stereocenters. The first-order valence-electron chi connectivity index (χ1n) is 9.51. The van der Waals surface area contributed by atoms with Gasteiger partial charge in [-0.15, -0.1) is 0 Å². The minimum Gasteiger partial charge on any atom is -0.396 e. The van der Waals surface area contributed by atoms with Crippen molar-refractivity contribution in [3.05, 3.63) is 44.4 Å². The zero-order valence-corrected chi connectivity index (χ0v) is 18.5. The fourth-order valence-corrected chi connectivity index (χ4v) is 3.94. The van der Waals surface area contributed by atoms with E-state index in [0.717, 1.165) is 3.57 Å². The average molecular weight is 531 g/mol. The van der Waals surface area contributed by atoms with Crippen molar-refractivity contribution in [2.45, 2.75) is 31.8 Å². The number of carbonyl (C=O) groups is 2. The number of nitrogens with zero attached hydrogens (tertiary/aromatic N) is 1. The van der Waals surface area contributed by atoms with Crippen LogP contribution in [0, 0.1) is 9.39 Å². The molecule has 0 radical (unpaired) electrons. The highest BCUT2D eigenvalue weighted by atomic mass is 127. The number of rotatable bonds is 8. The number of hydrogen-bond donors (Lipinski definition) is 4. The van der Waals surface area contributed by atoms with Gasteiger partial charge in [-0.3, -0.25) is 14.4 Å². The third-order valence-electron chi connectivity index (χ3n) is 4.90. The summed E-state index contributed by atoms with van der Waals surface area (Å²) in [6.45, 7) is -0.406. The lowest BCUT2D eigenvalue weighted by Crippen LogP contribution is -2.30. The molecule has 4 N–H and O–H groups in total. The highest BCUT2D eigenvalue weighted by molar-refractivity contribution is 14.1. The molecule has 0 fully saturated rings. The van der Waals surface area contributed by atoms with Gasteiger partial charge in [0.1, 0.15) is 18.2 Å². The fraction of sp³-hybridized carbons (Fsp3) is 0.400. The molecule has 0 aliphatic heterocycles. The van der Waals surface area contributed by atoms with Crippen LogP contribution in [-0.4, -0.2) is 45.8 Å². The highest BCUT2D eigenvalue weighted by Crippen LogP contribution is 2.35. The molecule has 8 nitrogen and oxygen atoms in total. The Kier molecular flexibility index (Phi) is 7.45. The minimum absolute atomic E-state index is 0.0804. The highest BCUT2D eigenvalue weighted by Gasteiger charge is 2.32. The zero-order valence-electron chi connectivity index (χ0n) is 16.4. The molecule has 3 rings (SSSR count). The Morgan fingerprint density at radius 3 is 2.87 bits per heavy atom. The lowest BCUT2D eigenvalue weighted by atomic mass is 9.93. The van der Waals surface area contributed by atoms with Gasteiger partial charge in [0, 0.05) is 23.6 Å². The van der Waals surface area contributed by atoms with Gasteiger partial charge in [0.25, 0.3) is 5.91 Å². The first kappa shape index (κ1) is 22.7. The van der Waals surface area contributed by atoms with Gasteiger partial charge in [-0.2, -0.15) is 0 Å². The maximum Gasteiger partial charge on any atom is 0.278 e. The molecule has 0 saturated heterocycles. The molecule has 162 valence electrons. The molecule has 1 unspecified atom stereocenters. The van der Waals surface area contributed by atoms with Gasteiger partial charge in [-0.1, -0.05) is 0 Å². The molecule has 10 heteroatoms. The van der Waals surface area contributed by atoms with Gasteiger partial charge in [-0.25, -0.2) is 9.87 Å². The van der Waals surface area contributed by atoms with Crippen LogP contribution >= 0.6 is 22.6 Å². The average Bonchev–Trinajstić information content (AvgIpc) is 2.97. The van der Waals surface area contributed by atoms with Gasteiger partial charge >= 0.3 is 0 Å². The summed E-state index contributed by atoms with van der Waals surface area (Å²) in [4.78, 5) is 30.5. The topological polar surface area (TPSA) is 113 Å². The Hall–Kier alpha value is -2.02. The molecular formula is C20H23FIN3O5. The van der Waals surface area contributed by atoms with Crippen LogP contribution in [0.2, 0.25) is 0 Å². The number of carbonyl (C=O) groups excluding carboxylic acids is 2. The summed E-state index contributed by atoms with van der Waals surface area (Å²) in [5, 5.41) is 21.4. The van der Waals surface area contributed by atoms with Gasteiger partial charge in [0.05, 0.1) is 23.0 Å². The van der Waals surface area contributed by atoms with Crippen molar-refractivity contribution in [1.29, 1.82) is 0 Å². The monoisotopic (exact) mass is 531 g/mol. The van der Waals surface area contributed by atoms with Crippen molar-refractivity contribution in [3.63, 3.8) is 0 Å². The van der Waals surface area contributed by atoms with E-state index in [-0.39, 0.29) is 42.5 Å². The normalized spacial score (nSPS) is 14.4. The van der Waals surface area contributed by atoms with Gasteiger partial charge in [0.15, 0.2) is 5.78 Å². The number of Topliss-reactive ketones (excluding diaryl/α,β-unsaturated/α-hetero) is 1. The molecule has 1 aliphatic carbocycles. The number of aliphatic hydroxyl groups is 2. The number of ketones is 1. The van der Waals surface area contributed by atoms with E-state index in [0.29, 0.717) is 30.5 Å². The van der Waals surface area contributed by atoms with Crippen LogP contribution in [0.4, 0.5) is 15.9 Å². The van der Waals surface area contributed by atoms with Crippen LogP contribution in [-0.2, 0) is 18.3 Å². The zero-order chi connectivity index (χ0) is 21.8. The smallest absolute Gasteiger partial charge is 0.278 e. The molecule has 1 amide bonds. The van der Waals surface area contributed by atoms with E-state index in [1.165, 1.54) is 6.07 Å². The first-order valence-corrected chi connectivity index (χ1v) is 10.6. The van der Waals surface area contributed by atoms with Crippen LogP contribution in [0.1, 0.15) is 45.7 Å². The van der Waals surface area contributed by atoms with Gasteiger partial charge in [-0.05, 0) is 65.6 Å². The number of aliphatic hydroxyl groups excluding tert-OH is 2. The lowest BCUT2D eigenvalue weighted by Gasteiger charge is -2.14. The lowest BCUT2D eigenvalue weighted by molar-refractivity contribution is -0.0188. The standard InChI is InChI=1S/C20H23FIN3O5/c1-25-18-13(3-2-4-16(18)28)17(20(29)24-30-10-12(27)7-8-26)19(25)23-15-6-5-11(22)9-14(15)21/h5-6,9,12,23,26-27H,2-4,7-8,10H2,1H3,(H,24,29). The summed E-state index contributed by atoms with van der Waals surface area (Å²) < 4.78 is 16.7. The maximum absolute atomic E-state index is 14.4. The largest absolute Gasteiger partial charge is 0.396 e. The molecule has 1 aromatic heterocycles. The van der Waals surface area contributed by atoms with E-state index in [4.69, 9.17) is 9.94 Å². The number of anilines is 2. The molecule has 0 spiro atoms. The number of benzene rings is 1. The second-order valence-corrected chi connectivity index (χ2v) is 8.29. The van der Waals surface area contributed by atoms with E-state index in [1.54, 1.807) is 23.7 Å². The van der Waals surface area contributed by atoms with E-state index in [1.807, 2.05) is 22.6 Å². The first-order chi connectivity index (χ1) is 14.3. The molecule has 1 aliphatic rings. The molecule has 1 aromatic carbocycles. The summed E-state index contributed by atoms with van der Waals surface area (Å²) in [6.07, 6.45) is 0.711. The SMILES string of the molecule is Cn1c(Nc2ccc(I)cc2F)c(C(=O)NOCC(O)CCO)c2c1C(=O)CCC2. The summed E-state index contributed by atoms with van der Waals surface area (Å²) in [6, 6.07) is 4.65. The van der Waals surface area contributed by atoms with Crippen LogP contribution < -0.4 is 10.8 Å². The number of hydroxylamine groups is 1. The van der Waals surface area contributed by atoms with E-state index < -0.39 is 17.8 Å². The van der Waals surface area contributed by atoms with Gasteiger partial charge < -0.3 is 20.1 Å². The van der Waals surface area contributed by atoms with Crippen LogP contribution in [0.3, 0.4) is 0 Å². The van der Waals surface area contributed by atoms with Crippen molar-refractivity contribution < 1.29 is 29.0 Å². The quantitative estimate of drug-likeness (QED) is 0.308. The Balaban J connectivity index is 1.93. The predicted molar refractivity (Wildman–Crippen MR) is 116 cm³/mol. The Bertz CT molecular complexity index is 962. The third kappa shape index (κ3) is 4.82. The third-order valence-corrected chi connectivity index (χ3v) is 5.58. The van der Waals surface area contributed by atoms with E-state index in [9.17, 15) is 19.1 Å². The van der Waals surface area contributed by atoms with E-state index >= 15 is 0 Å². The molecule has 2 aromatic rings. The number of halogens is 2. The molecule has 30 heavy (non-hydrogen) atoms.